The minimum atomic E-state index is 0.272. The molecule has 0 unspecified atom stereocenters. The number of hydrogen-bond donors (Lipinski definition) is 0. The van der Waals surface area contributed by atoms with E-state index in [2.05, 4.69) is 20.6 Å². The average molecular weight is 274 g/mol. The number of halogens is 3. The summed E-state index contributed by atoms with van der Waals surface area (Å²) in [6.07, 6.45) is 0. The molecule has 8 heteroatoms. The Bertz CT molecular complexity index is 708. The van der Waals surface area contributed by atoms with Crippen molar-refractivity contribution in [2.75, 3.05) is 0 Å². The summed E-state index contributed by atoms with van der Waals surface area (Å²) in [5, 5.41) is 17.5. The van der Waals surface area contributed by atoms with Crippen LogP contribution in [0.5, 0.6) is 0 Å². The fraction of sp³-hybridized carbons (Fsp3) is 0. The normalized spacial score (nSPS) is 11.4. The molecule has 3 rings (SSSR count). The lowest BCUT2D eigenvalue weighted by Crippen LogP contribution is -1.96. The number of hydrogen-bond acceptors (Lipinski definition) is 4. The molecule has 2 aromatic heterocycles. The summed E-state index contributed by atoms with van der Waals surface area (Å²) in [4.78, 5) is 0. The van der Waals surface area contributed by atoms with Gasteiger partial charge in [-0.15, -0.1) is 14.8 Å². The summed E-state index contributed by atoms with van der Waals surface area (Å²) in [5.41, 5.74) is 0.484. The fourth-order valence-electron chi connectivity index (χ4n) is 1.45. The number of benzene rings is 1. The van der Waals surface area contributed by atoms with Crippen LogP contribution < -0.4 is 0 Å². The molecular formula is C8H2Cl3N5. The summed E-state index contributed by atoms with van der Waals surface area (Å²) in [7, 11) is 0. The molecule has 0 saturated heterocycles. The SMILES string of the molecule is Clc1cc2c(Cl)nn3nnnc3c2cc1Cl. The van der Waals surface area contributed by atoms with Gasteiger partial charge in [0.05, 0.1) is 10.0 Å². The third kappa shape index (κ3) is 1.32. The summed E-state index contributed by atoms with van der Waals surface area (Å²) in [5.74, 6) is 0. The van der Waals surface area contributed by atoms with Crippen molar-refractivity contribution >= 4 is 51.2 Å². The van der Waals surface area contributed by atoms with Gasteiger partial charge in [-0.3, -0.25) is 0 Å². The lowest BCUT2D eigenvalue weighted by atomic mass is 10.2. The maximum absolute atomic E-state index is 5.99. The van der Waals surface area contributed by atoms with Gasteiger partial charge in [-0.2, -0.15) is 0 Å². The summed E-state index contributed by atoms with van der Waals surface area (Å²) in [6.45, 7) is 0. The summed E-state index contributed by atoms with van der Waals surface area (Å²) in [6, 6.07) is 3.31. The van der Waals surface area contributed by atoms with Crippen LogP contribution in [0.4, 0.5) is 0 Å². The quantitative estimate of drug-likeness (QED) is 0.632. The highest BCUT2D eigenvalue weighted by Gasteiger charge is 2.12. The highest BCUT2D eigenvalue weighted by Crippen LogP contribution is 2.32. The molecule has 0 atom stereocenters. The Labute approximate surface area is 104 Å². The molecule has 3 aromatic rings. The van der Waals surface area contributed by atoms with E-state index in [0.29, 0.717) is 26.5 Å². The van der Waals surface area contributed by atoms with E-state index in [1.807, 2.05) is 0 Å². The molecule has 0 saturated carbocycles. The molecule has 1 aromatic carbocycles. The second-order valence-electron chi connectivity index (χ2n) is 3.09. The van der Waals surface area contributed by atoms with Crippen molar-refractivity contribution < 1.29 is 0 Å². The van der Waals surface area contributed by atoms with Crippen LogP contribution in [0.25, 0.3) is 16.4 Å². The Morgan fingerprint density at radius 1 is 1.00 bits per heavy atom. The third-order valence-corrected chi connectivity index (χ3v) is 3.16. The van der Waals surface area contributed by atoms with E-state index in [4.69, 9.17) is 34.8 Å². The Balaban J connectivity index is 2.61. The molecule has 0 bridgehead atoms. The first-order valence-electron chi connectivity index (χ1n) is 4.19. The number of nitrogens with zero attached hydrogens (tertiary/aromatic N) is 5. The van der Waals surface area contributed by atoms with E-state index in [-0.39, 0.29) is 5.15 Å². The van der Waals surface area contributed by atoms with Crippen LogP contribution in [-0.2, 0) is 0 Å². The molecule has 5 nitrogen and oxygen atoms in total. The molecule has 0 amide bonds. The van der Waals surface area contributed by atoms with E-state index in [1.54, 1.807) is 12.1 Å². The van der Waals surface area contributed by atoms with Crippen LogP contribution in [0.3, 0.4) is 0 Å². The zero-order chi connectivity index (χ0) is 11.3. The van der Waals surface area contributed by atoms with Gasteiger partial charge in [0.25, 0.3) is 0 Å². The molecule has 0 spiro atoms. The lowest BCUT2D eigenvalue weighted by molar-refractivity contribution is 0.736. The standard InChI is InChI=1S/C8H2Cl3N5/c9-5-1-3-4(2-6(5)10)8-12-14-15-16(8)13-7(3)11/h1-2H. The predicted molar refractivity (Wildman–Crippen MR) is 61.1 cm³/mol. The van der Waals surface area contributed by atoms with E-state index in [9.17, 15) is 0 Å². The average Bonchev–Trinajstić information content (AvgIpc) is 2.69. The van der Waals surface area contributed by atoms with Gasteiger partial charge in [-0.25, -0.2) is 0 Å². The van der Waals surface area contributed by atoms with Crippen molar-refractivity contribution in [1.29, 1.82) is 0 Å². The van der Waals surface area contributed by atoms with Crippen LogP contribution >= 0.6 is 34.8 Å². The molecule has 2 heterocycles. The molecule has 0 fully saturated rings. The smallest absolute Gasteiger partial charge is 0.134 e. The highest BCUT2D eigenvalue weighted by atomic mass is 35.5. The zero-order valence-corrected chi connectivity index (χ0v) is 9.79. The topological polar surface area (TPSA) is 56.0 Å². The Morgan fingerprint density at radius 3 is 2.44 bits per heavy atom. The van der Waals surface area contributed by atoms with E-state index >= 15 is 0 Å². The van der Waals surface area contributed by atoms with Crippen LogP contribution in [0.15, 0.2) is 12.1 Å². The van der Waals surface area contributed by atoms with Gasteiger partial charge in [0, 0.05) is 10.8 Å². The molecule has 0 aliphatic carbocycles. The van der Waals surface area contributed by atoms with Crippen LogP contribution in [0.2, 0.25) is 15.2 Å². The van der Waals surface area contributed by atoms with Gasteiger partial charge in [0.2, 0.25) is 5.65 Å². The van der Waals surface area contributed by atoms with Crippen molar-refractivity contribution in [1.82, 2.24) is 25.3 Å². The number of rotatable bonds is 0. The molecule has 0 aliphatic heterocycles. The summed E-state index contributed by atoms with van der Waals surface area (Å²) < 4.78 is 1.24. The zero-order valence-electron chi connectivity index (χ0n) is 7.52. The third-order valence-electron chi connectivity index (χ3n) is 2.16. The molecule has 80 valence electrons. The van der Waals surface area contributed by atoms with Crippen molar-refractivity contribution in [2.45, 2.75) is 0 Å². The van der Waals surface area contributed by atoms with Crippen molar-refractivity contribution in [3.05, 3.63) is 27.3 Å². The van der Waals surface area contributed by atoms with Crippen molar-refractivity contribution in [2.24, 2.45) is 0 Å². The van der Waals surface area contributed by atoms with Crippen LogP contribution in [0.1, 0.15) is 0 Å². The summed E-state index contributed by atoms with van der Waals surface area (Å²) >= 11 is 17.8. The van der Waals surface area contributed by atoms with Crippen molar-refractivity contribution in [3.63, 3.8) is 0 Å². The van der Waals surface area contributed by atoms with Crippen LogP contribution in [-0.4, -0.2) is 25.3 Å². The van der Waals surface area contributed by atoms with E-state index < -0.39 is 0 Å². The Kier molecular flexibility index (Phi) is 2.14. The van der Waals surface area contributed by atoms with Crippen LogP contribution in [0, 0.1) is 0 Å². The molecule has 16 heavy (non-hydrogen) atoms. The van der Waals surface area contributed by atoms with Gasteiger partial charge in [0.15, 0.2) is 5.15 Å². The highest BCUT2D eigenvalue weighted by molar-refractivity contribution is 6.43. The largest absolute Gasteiger partial charge is 0.207 e. The van der Waals surface area contributed by atoms with Gasteiger partial charge in [-0.1, -0.05) is 34.8 Å². The van der Waals surface area contributed by atoms with Gasteiger partial charge >= 0.3 is 0 Å². The fourth-order valence-corrected chi connectivity index (χ4v) is 2.01. The Hall–Kier alpha value is -1.17. The number of fused-ring (bicyclic) bond motifs is 3. The second kappa shape index (κ2) is 3.41. The monoisotopic (exact) mass is 273 g/mol. The van der Waals surface area contributed by atoms with E-state index in [0.717, 1.165) is 0 Å². The second-order valence-corrected chi connectivity index (χ2v) is 4.27. The van der Waals surface area contributed by atoms with Crippen molar-refractivity contribution in [3.8, 4) is 0 Å². The first kappa shape index (κ1) is 10.0. The minimum Gasteiger partial charge on any atom is -0.134 e. The molecular weight excluding hydrogens is 272 g/mol. The maximum Gasteiger partial charge on any atom is 0.207 e. The number of tetrazole rings is 1. The van der Waals surface area contributed by atoms with Gasteiger partial charge < -0.3 is 0 Å². The molecule has 0 radical (unpaired) electrons. The maximum atomic E-state index is 5.99. The number of aromatic nitrogens is 5. The first-order chi connectivity index (χ1) is 7.66. The van der Waals surface area contributed by atoms with Gasteiger partial charge in [0.1, 0.15) is 0 Å². The molecule has 0 aliphatic rings. The van der Waals surface area contributed by atoms with E-state index in [1.165, 1.54) is 4.63 Å². The lowest BCUT2D eigenvalue weighted by Gasteiger charge is -2.02. The Morgan fingerprint density at radius 2 is 1.69 bits per heavy atom. The predicted octanol–water partition coefficient (Wildman–Crippen LogP) is 2.63. The minimum absolute atomic E-state index is 0.272. The van der Waals surface area contributed by atoms with Gasteiger partial charge in [-0.05, 0) is 22.6 Å². The first-order valence-corrected chi connectivity index (χ1v) is 5.33. The molecule has 0 N–H and O–H groups in total.